The molecule has 1 aliphatic heterocycles. The van der Waals surface area contributed by atoms with Crippen LogP contribution >= 0.6 is 23.2 Å². The lowest BCUT2D eigenvalue weighted by Gasteiger charge is -2.25. The number of sulfonamides is 1. The average Bonchev–Trinajstić information content (AvgIpc) is 3.39. The van der Waals surface area contributed by atoms with Gasteiger partial charge < -0.3 is 15.8 Å². The van der Waals surface area contributed by atoms with Crippen LogP contribution in [0.4, 0.5) is 0 Å². The first-order valence-electron chi connectivity index (χ1n) is 13.5. The van der Waals surface area contributed by atoms with Crippen molar-refractivity contribution in [2.45, 2.75) is 81.7 Å². The van der Waals surface area contributed by atoms with Crippen LogP contribution in [-0.2, 0) is 37.2 Å². The average molecular weight is 625 g/mol. The van der Waals surface area contributed by atoms with Crippen LogP contribution in [-0.4, -0.2) is 59.8 Å². The lowest BCUT2D eigenvalue weighted by molar-refractivity contribution is -0.142. The third kappa shape index (κ3) is 9.63. The number of carboxylic acid groups (broad SMARTS) is 1. The SMILES string of the molecule is CC(=N)CCCCCC(=O)Cc1ccc(C[C@H](NC(=O)[C@@H]2CCCN2S(=O)(=O)c2cc(Cl)cc(Cl)c2)C(=O)O)cc1. The topological polar surface area (TPSA) is 145 Å². The number of carbonyl (C=O) groups excluding carboxylic acids is 2. The van der Waals surface area contributed by atoms with Gasteiger partial charge in [0.25, 0.3) is 0 Å². The Bertz CT molecular complexity index is 1360. The van der Waals surface area contributed by atoms with Gasteiger partial charge in [0.1, 0.15) is 17.9 Å². The van der Waals surface area contributed by atoms with Crippen LogP contribution in [0.1, 0.15) is 63.0 Å². The van der Waals surface area contributed by atoms with Gasteiger partial charge in [-0.25, -0.2) is 13.2 Å². The van der Waals surface area contributed by atoms with Gasteiger partial charge in [0, 0.05) is 41.6 Å². The molecule has 41 heavy (non-hydrogen) atoms. The number of aliphatic carboxylic acids is 1. The van der Waals surface area contributed by atoms with E-state index in [0.717, 1.165) is 35.6 Å². The largest absolute Gasteiger partial charge is 0.480 e. The van der Waals surface area contributed by atoms with Crippen LogP contribution in [0.2, 0.25) is 10.0 Å². The van der Waals surface area contributed by atoms with E-state index in [1.807, 2.05) is 0 Å². The van der Waals surface area contributed by atoms with Crippen LogP contribution < -0.4 is 5.32 Å². The molecule has 0 saturated carbocycles. The minimum Gasteiger partial charge on any atom is -0.480 e. The minimum absolute atomic E-state index is 0.00882. The molecule has 1 saturated heterocycles. The number of ketones is 1. The molecule has 1 aliphatic rings. The summed E-state index contributed by atoms with van der Waals surface area (Å²) in [5.74, 6) is -1.81. The molecule has 1 heterocycles. The molecule has 2 aromatic rings. The van der Waals surface area contributed by atoms with Crippen LogP contribution in [0.5, 0.6) is 0 Å². The Hall–Kier alpha value is -2.79. The fraction of sp³-hybridized carbons (Fsp3) is 0.448. The van der Waals surface area contributed by atoms with Crippen molar-refractivity contribution in [1.82, 2.24) is 9.62 Å². The molecule has 9 nitrogen and oxygen atoms in total. The standard InChI is InChI=1S/C29H35Cl2N3O6S/c1-19(32)6-3-2-4-7-24(35)14-20-9-11-21(12-10-20)15-26(29(37)38)33-28(36)27-8-5-13-34(27)41(39,40)25-17-22(30)16-23(31)18-25/h9-12,16-18,26-27,32H,2-8,13-15H2,1H3,(H,33,36)(H,37,38)/t26-,27-/m0/s1. The van der Waals surface area contributed by atoms with Crippen molar-refractivity contribution in [2.75, 3.05) is 6.54 Å². The highest BCUT2D eigenvalue weighted by atomic mass is 35.5. The fourth-order valence-corrected chi connectivity index (χ4v) is 7.19. The summed E-state index contributed by atoms with van der Waals surface area (Å²) >= 11 is 12.0. The highest BCUT2D eigenvalue weighted by Gasteiger charge is 2.40. The van der Waals surface area contributed by atoms with Crippen molar-refractivity contribution in [3.8, 4) is 0 Å². The summed E-state index contributed by atoms with van der Waals surface area (Å²) in [6.07, 6.45) is 4.79. The molecule has 0 unspecified atom stereocenters. The van der Waals surface area contributed by atoms with E-state index in [9.17, 15) is 27.9 Å². The third-order valence-electron chi connectivity index (χ3n) is 6.94. The first-order chi connectivity index (χ1) is 19.4. The zero-order valence-corrected chi connectivity index (χ0v) is 25.2. The van der Waals surface area contributed by atoms with Gasteiger partial charge in [-0.3, -0.25) is 9.59 Å². The summed E-state index contributed by atoms with van der Waals surface area (Å²) in [4.78, 5) is 37.3. The molecule has 0 spiro atoms. The Labute approximate surface area is 250 Å². The molecule has 1 amide bonds. The summed E-state index contributed by atoms with van der Waals surface area (Å²) < 4.78 is 27.6. The Morgan fingerprint density at radius 1 is 1.02 bits per heavy atom. The van der Waals surface area contributed by atoms with Gasteiger partial charge >= 0.3 is 5.97 Å². The maximum atomic E-state index is 13.3. The monoisotopic (exact) mass is 623 g/mol. The molecule has 0 aliphatic carbocycles. The predicted molar refractivity (Wildman–Crippen MR) is 158 cm³/mol. The molecule has 2 aromatic carbocycles. The number of unbranched alkanes of at least 4 members (excludes halogenated alkanes) is 2. The quantitative estimate of drug-likeness (QED) is 0.187. The molecule has 3 rings (SSSR count). The normalized spacial score (nSPS) is 16.3. The number of nitrogens with one attached hydrogen (secondary N) is 2. The number of Topliss-reactive ketones (excluding diaryl/α,β-unsaturated/α-hetero) is 1. The zero-order valence-electron chi connectivity index (χ0n) is 22.9. The van der Waals surface area contributed by atoms with E-state index in [0.29, 0.717) is 24.1 Å². The van der Waals surface area contributed by atoms with Crippen LogP contribution in [0.3, 0.4) is 0 Å². The van der Waals surface area contributed by atoms with Crippen molar-refractivity contribution >= 4 is 56.6 Å². The van der Waals surface area contributed by atoms with E-state index >= 15 is 0 Å². The number of hydrogen-bond donors (Lipinski definition) is 3. The van der Waals surface area contributed by atoms with Gasteiger partial charge in [-0.2, -0.15) is 4.31 Å². The molecule has 0 radical (unpaired) electrons. The predicted octanol–water partition coefficient (Wildman–Crippen LogP) is 5.06. The number of amides is 1. The summed E-state index contributed by atoms with van der Waals surface area (Å²) in [5.41, 5.74) is 2.12. The van der Waals surface area contributed by atoms with Crippen molar-refractivity contribution in [3.05, 3.63) is 63.6 Å². The molecule has 222 valence electrons. The number of carboxylic acids is 1. The summed E-state index contributed by atoms with van der Waals surface area (Å²) in [6.45, 7) is 1.88. The van der Waals surface area contributed by atoms with Crippen LogP contribution in [0.25, 0.3) is 0 Å². The first-order valence-corrected chi connectivity index (χ1v) is 15.7. The van der Waals surface area contributed by atoms with E-state index < -0.39 is 34.0 Å². The molecule has 0 bridgehead atoms. The van der Waals surface area contributed by atoms with Gasteiger partial charge in [-0.1, -0.05) is 53.9 Å². The van der Waals surface area contributed by atoms with Crippen LogP contribution in [0, 0.1) is 5.41 Å². The number of rotatable bonds is 15. The number of carbonyl (C=O) groups is 3. The smallest absolute Gasteiger partial charge is 0.326 e. The Morgan fingerprint density at radius 2 is 1.63 bits per heavy atom. The van der Waals surface area contributed by atoms with Gasteiger partial charge in [0.2, 0.25) is 15.9 Å². The second kappa shape index (κ2) is 14.9. The van der Waals surface area contributed by atoms with E-state index in [2.05, 4.69) is 5.32 Å². The van der Waals surface area contributed by atoms with E-state index in [1.54, 1.807) is 31.2 Å². The fourth-order valence-electron chi connectivity index (χ4n) is 4.80. The lowest BCUT2D eigenvalue weighted by atomic mass is 10.00. The second-order valence-electron chi connectivity index (χ2n) is 10.4. The number of benzene rings is 2. The van der Waals surface area contributed by atoms with Crippen LogP contribution in [0.15, 0.2) is 47.4 Å². The number of halogens is 2. The molecule has 3 N–H and O–H groups in total. The van der Waals surface area contributed by atoms with Gasteiger partial charge in [0.15, 0.2) is 0 Å². The second-order valence-corrected chi connectivity index (χ2v) is 13.1. The third-order valence-corrected chi connectivity index (χ3v) is 9.26. The Kier molecular flexibility index (Phi) is 11.9. The zero-order chi connectivity index (χ0) is 30.2. The molecular weight excluding hydrogens is 589 g/mol. The van der Waals surface area contributed by atoms with E-state index in [4.69, 9.17) is 28.6 Å². The van der Waals surface area contributed by atoms with Gasteiger partial charge in [-0.05, 0) is 68.4 Å². The number of hydrogen-bond acceptors (Lipinski definition) is 6. The summed E-state index contributed by atoms with van der Waals surface area (Å²) in [6, 6.07) is 8.58. The minimum atomic E-state index is -4.10. The summed E-state index contributed by atoms with van der Waals surface area (Å²) in [7, 11) is -4.10. The highest BCUT2D eigenvalue weighted by Crippen LogP contribution is 2.30. The summed E-state index contributed by atoms with van der Waals surface area (Å²) in [5, 5.41) is 20.0. The molecule has 2 atom stereocenters. The number of nitrogens with zero attached hydrogens (tertiary/aromatic N) is 1. The molecule has 1 fully saturated rings. The van der Waals surface area contributed by atoms with Gasteiger partial charge in [0.05, 0.1) is 4.90 Å². The molecular formula is C29H35Cl2N3O6S. The van der Waals surface area contributed by atoms with E-state index in [1.165, 1.54) is 18.2 Å². The van der Waals surface area contributed by atoms with E-state index in [-0.39, 0.29) is 46.5 Å². The first kappa shape index (κ1) is 32.7. The maximum absolute atomic E-state index is 13.3. The van der Waals surface area contributed by atoms with Crippen molar-refractivity contribution in [2.24, 2.45) is 0 Å². The Morgan fingerprint density at radius 3 is 2.24 bits per heavy atom. The highest BCUT2D eigenvalue weighted by molar-refractivity contribution is 7.89. The van der Waals surface area contributed by atoms with Crippen molar-refractivity contribution < 1.29 is 27.9 Å². The Balaban J connectivity index is 1.59. The maximum Gasteiger partial charge on any atom is 0.326 e. The molecule has 12 heteroatoms. The lowest BCUT2D eigenvalue weighted by Crippen LogP contribution is -2.51. The van der Waals surface area contributed by atoms with Crippen molar-refractivity contribution in [1.29, 1.82) is 5.41 Å². The van der Waals surface area contributed by atoms with Gasteiger partial charge in [-0.15, -0.1) is 0 Å². The molecule has 0 aromatic heterocycles. The van der Waals surface area contributed by atoms with Crippen molar-refractivity contribution in [3.63, 3.8) is 0 Å².